The molecule has 0 saturated heterocycles. The lowest BCUT2D eigenvalue weighted by molar-refractivity contribution is 0.0849. The Balaban J connectivity index is 3.10. The standard InChI is InChI=1S/C10H13NO2/c1-10(2,3)9(13)8-7(12)5-4-6-11-8/h4-6,12H,1-3H3. The first-order valence-electron chi connectivity index (χ1n) is 4.11. The molecule has 0 unspecified atom stereocenters. The van der Waals surface area contributed by atoms with Gasteiger partial charge in [-0.2, -0.15) is 0 Å². The highest BCUT2D eigenvalue weighted by Gasteiger charge is 2.26. The topological polar surface area (TPSA) is 50.2 Å². The number of aromatic nitrogens is 1. The van der Waals surface area contributed by atoms with E-state index in [4.69, 9.17) is 0 Å². The third kappa shape index (κ3) is 2.05. The van der Waals surface area contributed by atoms with Crippen LogP contribution >= 0.6 is 0 Å². The summed E-state index contributed by atoms with van der Waals surface area (Å²) in [5.41, 5.74) is -0.360. The van der Waals surface area contributed by atoms with E-state index in [1.807, 2.05) is 0 Å². The molecule has 0 aliphatic rings. The summed E-state index contributed by atoms with van der Waals surface area (Å²) in [6.45, 7) is 5.39. The number of carbonyl (C=O) groups excluding carboxylic acids is 1. The summed E-state index contributed by atoms with van der Waals surface area (Å²) in [7, 11) is 0. The van der Waals surface area contributed by atoms with Crippen LogP contribution < -0.4 is 0 Å². The molecular weight excluding hydrogens is 166 g/mol. The monoisotopic (exact) mass is 179 g/mol. The van der Waals surface area contributed by atoms with Crippen molar-refractivity contribution in [2.75, 3.05) is 0 Å². The van der Waals surface area contributed by atoms with Gasteiger partial charge in [0.05, 0.1) is 0 Å². The number of rotatable bonds is 1. The maximum absolute atomic E-state index is 11.7. The van der Waals surface area contributed by atoms with Gasteiger partial charge in [-0.3, -0.25) is 4.79 Å². The van der Waals surface area contributed by atoms with Crippen LogP contribution in [-0.2, 0) is 0 Å². The smallest absolute Gasteiger partial charge is 0.190 e. The van der Waals surface area contributed by atoms with Crippen LogP contribution in [0.3, 0.4) is 0 Å². The van der Waals surface area contributed by atoms with Gasteiger partial charge in [-0.05, 0) is 12.1 Å². The fourth-order valence-electron chi connectivity index (χ4n) is 0.927. The van der Waals surface area contributed by atoms with Gasteiger partial charge >= 0.3 is 0 Å². The molecule has 0 spiro atoms. The van der Waals surface area contributed by atoms with Gasteiger partial charge in [-0.1, -0.05) is 20.8 Å². The molecule has 0 atom stereocenters. The zero-order valence-electron chi connectivity index (χ0n) is 8.03. The van der Waals surface area contributed by atoms with Gasteiger partial charge in [0.15, 0.2) is 5.78 Å². The second-order valence-corrected chi connectivity index (χ2v) is 3.95. The molecule has 0 saturated carbocycles. The molecule has 0 aliphatic carbocycles. The zero-order valence-corrected chi connectivity index (χ0v) is 8.03. The lowest BCUT2D eigenvalue weighted by Gasteiger charge is -2.15. The minimum atomic E-state index is -0.508. The molecule has 1 N–H and O–H groups in total. The van der Waals surface area contributed by atoms with Gasteiger partial charge in [0.1, 0.15) is 11.4 Å². The minimum absolute atomic E-state index is 0.0533. The number of Topliss-reactive ketones (excluding diaryl/α,β-unsaturated/α-hetero) is 1. The molecule has 0 aliphatic heterocycles. The zero-order chi connectivity index (χ0) is 10.1. The third-order valence-corrected chi connectivity index (χ3v) is 1.68. The van der Waals surface area contributed by atoms with Crippen LogP contribution in [-0.4, -0.2) is 15.9 Å². The van der Waals surface area contributed by atoms with Gasteiger partial charge in [0, 0.05) is 11.6 Å². The SMILES string of the molecule is CC(C)(C)C(=O)c1ncccc1O. The van der Waals surface area contributed by atoms with E-state index in [2.05, 4.69) is 4.98 Å². The average molecular weight is 179 g/mol. The Bertz CT molecular complexity index is 326. The average Bonchev–Trinajstić information content (AvgIpc) is 2.02. The van der Waals surface area contributed by atoms with Gasteiger partial charge in [0.2, 0.25) is 0 Å². The molecule has 0 amide bonds. The van der Waals surface area contributed by atoms with Gasteiger partial charge in [-0.25, -0.2) is 4.98 Å². The van der Waals surface area contributed by atoms with Gasteiger partial charge in [-0.15, -0.1) is 0 Å². The normalized spacial score (nSPS) is 11.3. The van der Waals surface area contributed by atoms with Gasteiger partial charge < -0.3 is 5.11 Å². The summed E-state index contributed by atoms with van der Waals surface area (Å²) < 4.78 is 0. The number of ketones is 1. The summed E-state index contributed by atoms with van der Waals surface area (Å²) in [6, 6.07) is 3.06. The van der Waals surface area contributed by atoms with E-state index in [1.165, 1.54) is 12.3 Å². The Labute approximate surface area is 77.4 Å². The van der Waals surface area contributed by atoms with Crippen molar-refractivity contribution in [3.05, 3.63) is 24.0 Å². The fourth-order valence-corrected chi connectivity index (χ4v) is 0.927. The number of hydrogen-bond donors (Lipinski definition) is 1. The molecule has 0 bridgehead atoms. The van der Waals surface area contributed by atoms with Crippen molar-refractivity contribution < 1.29 is 9.90 Å². The lowest BCUT2D eigenvalue weighted by atomic mass is 9.88. The third-order valence-electron chi connectivity index (χ3n) is 1.68. The molecule has 0 radical (unpaired) electrons. The molecule has 1 aromatic heterocycles. The molecule has 1 aromatic rings. The van der Waals surface area contributed by atoms with Crippen molar-refractivity contribution in [3.8, 4) is 5.75 Å². The van der Waals surface area contributed by atoms with Crippen LogP contribution in [0.25, 0.3) is 0 Å². The summed E-state index contributed by atoms with van der Waals surface area (Å²) >= 11 is 0. The van der Waals surface area contributed by atoms with Crippen LogP contribution in [0.1, 0.15) is 31.3 Å². The number of hydrogen-bond acceptors (Lipinski definition) is 3. The largest absolute Gasteiger partial charge is 0.506 e. The molecule has 70 valence electrons. The second-order valence-electron chi connectivity index (χ2n) is 3.95. The Morgan fingerprint density at radius 1 is 1.46 bits per heavy atom. The number of carbonyl (C=O) groups is 1. The van der Waals surface area contributed by atoms with E-state index in [-0.39, 0.29) is 17.2 Å². The van der Waals surface area contributed by atoms with E-state index >= 15 is 0 Å². The Hall–Kier alpha value is -1.38. The second kappa shape index (κ2) is 3.17. The molecule has 0 fully saturated rings. The molecule has 1 rings (SSSR count). The van der Waals surface area contributed by atoms with Crippen molar-refractivity contribution in [2.24, 2.45) is 5.41 Å². The quantitative estimate of drug-likeness (QED) is 0.671. The maximum Gasteiger partial charge on any atom is 0.190 e. The van der Waals surface area contributed by atoms with Crippen molar-refractivity contribution in [3.63, 3.8) is 0 Å². The van der Waals surface area contributed by atoms with E-state index in [1.54, 1.807) is 26.8 Å². The molecule has 3 heteroatoms. The summed E-state index contributed by atoms with van der Waals surface area (Å²) in [5.74, 6) is -0.201. The highest BCUT2D eigenvalue weighted by atomic mass is 16.3. The van der Waals surface area contributed by atoms with Crippen LogP contribution in [0, 0.1) is 5.41 Å². The predicted octanol–water partition coefficient (Wildman–Crippen LogP) is 2.02. The fraction of sp³-hybridized carbons (Fsp3) is 0.400. The first-order valence-corrected chi connectivity index (χ1v) is 4.11. The van der Waals surface area contributed by atoms with Crippen LogP contribution in [0.5, 0.6) is 5.75 Å². The van der Waals surface area contributed by atoms with E-state index < -0.39 is 5.41 Å². The molecular formula is C10H13NO2. The molecule has 1 heterocycles. The van der Waals surface area contributed by atoms with Crippen LogP contribution in [0.2, 0.25) is 0 Å². The highest BCUT2D eigenvalue weighted by molar-refractivity contribution is 6.00. The summed E-state index contributed by atoms with van der Waals surface area (Å²) in [6.07, 6.45) is 1.50. The van der Waals surface area contributed by atoms with Crippen molar-refractivity contribution in [2.45, 2.75) is 20.8 Å². The maximum atomic E-state index is 11.7. The first kappa shape index (κ1) is 9.71. The minimum Gasteiger partial charge on any atom is -0.506 e. The molecule has 0 aromatic carbocycles. The van der Waals surface area contributed by atoms with E-state index in [9.17, 15) is 9.90 Å². The Morgan fingerprint density at radius 3 is 2.54 bits per heavy atom. The summed E-state index contributed by atoms with van der Waals surface area (Å²) in [4.78, 5) is 15.5. The van der Waals surface area contributed by atoms with Crippen molar-refractivity contribution >= 4 is 5.78 Å². The molecule has 3 nitrogen and oxygen atoms in total. The van der Waals surface area contributed by atoms with Crippen LogP contribution in [0.15, 0.2) is 18.3 Å². The van der Waals surface area contributed by atoms with E-state index in [0.29, 0.717) is 0 Å². The Kier molecular flexibility index (Phi) is 2.36. The highest BCUT2D eigenvalue weighted by Crippen LogP contribution is 2.24. The Morgan fingerprint density at radius 2 is 2.08 bits per heavy atom. The van der Waals surface area contributed by atoms with Gasteiger partial charge in [0.25, 0.3) is 0 Å². The predicted molar refractivity (Wildman–Crippen MR) is 49.7 cm³/mol. The lowest BCUT2D eigenvalue weighted by Crippen LogP contribution is -2.21. The first-order chi connectivity index (χ1) is 5.93. The van der Waals surface area contributed by atoms with E-state index in [0.717, 1.165) is 0 Å². The van der Waals surface area contributed by atoms with Crippen molar-refractivity contribution in [1.82, 2.24) is 4.98 Å². The number of aromatic hydroxyl groups is 1. The number of pyridine rings is 1. The summed E-state index contributed by atoms with van der Waals surface area (Å²) in [5, 5.41) is 9.36. The number of nitrogens with zero attached hydrogens (tertiary/aromatic N) is 1. The van der Waals surface area contributed by atoms with Crippen molar-refractivity contribution in [1.29, 1.82) is 0 Å². The molecule has 13 heavy (non-hydrogen) atoms. The van der Waals surface area contributed by atoms with Crippen LogP contribution in [0.4, 0.5) is 0 Å².